The number of aryl methyl sites for hydroxylation is 3. The molecule has 0 aliphatic rings. The molecule has 1 atom stereocenters. The van der Waals surface area contributed by atoms with Crippen molar-refractivity contribution in [2.24, 2.45) is 0 Å². The fourth-order valence-electron chi connectivity index (χ4n) is 2.16. The molecule has 1 aromatic heterocycles. The van der Waals surface area contributed by atoms with Gasteiger partial charge in [0, 0.05) is 19.2 Å². The molecule has 0 aliphatic heterocycles. The Hall–Kier alpha value is -1.81. The van der Waals surface area contributed by atoms with Crippen LogP contribution in [0.3, 0.4) is 0 Å². The van der Waals surface area contributed by atoms with E-state index in [1.807, 2.05) is 29.1 Å². The minimum Gasteiger partial charge on any atom is -0.494 e. The lowest BCUT2D eigenvalue weighted by Crippen LogP contribution is -2.06. The van der Waals surface area contributed by atoms with Crippen molar-refractivity contribution in [3.63, 3.8) is 0 Å². The molecule has 2 aromatic rings. The van der Waals surface area contributed by atoms with Crippen LogP contribution in [0, 0.1) is 13.8 Å². The third-order valence-corrected chi connectivity index (χ3v) is 3.08. The average Bonchev–Trinajstić information content (AvgIpc) is 2.82. The third-order valence-electron chi connectivity index (χ3n) is 3.08. The van der Waals surface area contributed by atoms with Gasteiger partial charge >= 0.3 is 0 Å². The quantitative estimate of drug-likeness (QED) is 0.824. The van der Waals surface area contributed by atoms with Gasteiger partial charge in [0.15, 0.2) is 0 Å². The Bertz CT molecular complexity index is 541. The summed E-state index contributed by atoms with van der Waals surface area (Å²) in [4.78, 5) is 0. The molecule has 0 aliphatic carbocycles. The molecule has 0 spiro atoms. The Kier molecular flexibility index (Phi) is 4.79. The van der Waals surface area contributed by atoms with E-state index in [-0.39, 0.29) is 0 Å². The lowest BCUT2D eigenvalue weighted by Gasteiger charge is -2.08. The number of rotatable bonds is 6. The number of benzene rings is 1. The van der Waals surface area contributed by atoms with Gasteiger partial charge in [-0.1, -0.05) is 6.07 Å². The summed E-state index contributed by atoms with van der Waals surface area (Å²) in [5, 5.41) is 13.7. The predicted octanol–water partition coefficient (Wildman–Crippen LogP) is 3.02. The van der Waals surface area contributed by atoms with Gasteiger partial charge in [0.25, 0.3) is 0 Å². The molecule has 1 heterocycles. The van der Waals surface area contributed by atoms with Gasteiger partial charge in [-0.2, -0.15) is 5.10 Å². The van der Waals surface area contributed by atoms with Crippen LogP contribution in [0.4, 0.5) is 0 Å². The van der Waals surface area contributed by atoms with Gasteiger partial charge in [0.05, 0.1) is 18.4 Å². The third kappa shape index (κ3) is 4.10. The van der Waals surface area contributed by atoms with Crippen LogP contribution in [-0.4, -0.2) is 21.5 Å². The Balaban J connectivity index is 1.78. The van der Waals surface area contributed by atoms with E-state index in [4.69, 9.17) is 4.74 Å². The fraction of sp³-hybridized carbons (Fsp3) is 0.438. The molecule has 4 heteroatoms. The summed E-state index contributed by atoms with van der Waals surface area (Å²) in [5.41, 5.74) is 3.14. The van der Waals surface area contributed by atoms with Crippen LogP contribution in [-0.2, 0) is 6.54 Å². The van der Waals surface area contributed by atoms with Gasteiger partial charge in [0.2, 0.25) is 0 Å². The monoisotopic (exact) mass is 274 g/mol. The highest BCUT2D eigenvalue weighted by Crippen LogP contribution is 2.16. The standard InChI is InChI=1S/C16H22N2O2/c1-12-9-13(2)11-15(10-12)20-8-4-6-18-7-5-16(17-18)14(3)19/h5,7,9-11,14,19H,4,6,8H2,1-3H3. The first-order valence-electron chi connectivity index (χ1n) is 6.97. The van der Waals surface area contributed by atoms with Crippen molar-refractivity contribution in [1.29, 1.82) is 0 Å². The lowest BCUT2D eigenvalue weighted by molar-refractivity contribution is 0.193. The molecule has 0 saturated heterocycles. The second-order valence-corrected chi connectivity index (χ2v) is 5.21. The number of nitrogens with zero attached hydrogens (tertiary/aromatic N) is 2. The van der Waals surface area contributed by atoms with E-state index in [1.165, 1.54) is 11.1 Å². The summed E-state index contributed by atoms with van der Waals surface area (Å²) < 4.78 is 7.59. The zero-order valence-corrected chi connectivity index (χ0v) is 12.3. The number of hydrogen-bond donors (Lipinski definition) is 1. The Labute approximate surface area is 120 Å². The second-order valence-electron chi connectivity index (χ2n) is 5.21. The maximum atomic E-state index is 9.41. The molecule has 2 rings (SSSR count). The van der Waals surface area contributed by atoms with Gasteiger partial charge in [-0.15, -0.1) is 0 Å². The molecular weight excluding hydrogens is 252 g/mol. The summed E-state index contributed by atoms with van der Waals surface area (Å²) in [6, 6.07) is 8.07. The molecular formula is C16H22N2O2. The summed E-state index contributed by atoms with van der Waals surface area (Å²) in [6.45, 7) is 7.31. The van der Waals surface area contributed by atoms with E-state index in [9.17, 15) is 5.11 Å². The van der Waals surface area contributed by atoms with Gasteiger partial charge < -0.3 is 9.84 Å². The molecule has 0 amide bonds. The molecule has 0 fully saturated rings. The van der Waals surface area contributed by atoms with Crippen LogP contribution in [0.1, 0.15) is 36.3 Å². The molecule has 1 unspecified atom stereocenters. The molecule has 0 bridgehead atoms. The van der Waals surface area contributed by atoms with E-state index < -0.39 is 6.10 Å². The van der Waals surface area contributed by atoms with Crippen LogP contribution in [0.2, 0.25) is 0 Å². The number of ether oxygens (including phenoxy) is 1. The maximum absolute atomic E-state index is 9.41. The molecule has 1 N–H and O–H groups in total. The highest BCUT2D eigenvalue weighted by atomic mass is 16.5. The van der Waals surface area contributed by atoms with Crippen molar-refractivity contribution >= 4 is 0 Å². The first-order valence-corrected chi connectivity index (χ1v) is 6.97. The van der Waals surface area contributed by atoms with Crippen LogP contribution < -0.4 is 4.74 Å². The van der Waals surface area contributed by atoms with Crippen LogP contribution in [0.25, 0.3) is 0 Å². The van der Waals surface area contributed by atoms with Crippen molar-refractivity contribution < 1.29 is 9.84 Å². The molecule has 1 aromatic carbocycles. The van der Waals surface area contributed by atoms with Crippen LogP contribution in [0.15, 0.2) is 30.5 Å². The minimum absolute atomic E-state index is 0.511. The van der Waals surface area contributed by atoms with Gasteiger partial charge in [-0.05, 0) is 50.1 Å². The van der Waals surface area contributed by atoms with Crippen molar-refractivity contribution in [3.05, 3.63) is 47.3 Å². The second kappa shape index (κ2) is 6.57. The van der Waals surface area contributed by atoms with E-state index in [0.717, 1.165) is 18.7 Å². The smallest absolute Gasteiger partial charge is 0.119 e. The van der Waals surface area contributed by atoms with Crippen molar-refractivity contribution in [3.8, 4) is 5.75 Å². The van der Waals surface area contributed by atoms with E-state index >= 15 is 0 Å². The van der Waals surface area contributed by atoms with E-state index in [0.29, 0.717) is 12.3 Å². The zero-order valence-electron chi connectivity index (χ0n) is 12.3. The summed E-state index contributed by atoms with van der Waals surface area (Å²) in [6.07, 6.45) is 2.26. The van der Waals surface area contributed by atoms with Crippen molar-refractivity contribution in [1.82, 2.24) is 9.78 Å². The molecule has 4 nitrogen and oxygen atoms in total. The van der Waals surface area contributed by atoms with Crippen LogP contribution in [0.5, 0.6) is 5.75 Å². The Morgan fingerprint density at radius 3 is 2.55 bits per heavy atom. The van der Waals surface area contributed by atoms with Gasteiger partial charge in [-0.3, -0.25) is 4.68 Å². The number of aliphatic hydroxyl groups excluding tert-OH is 1. The first kappa shape index (κ1) is 14.6. The Morgan fingerprint density at radius 2 is 1.95 bits per heavy atom. The number of hydrogen-bond acceptors (Lipinski definition) is 3. The maximum Gasteiger partial charge on any atom is 0.119 e. The summed E-state index contributed by atoms with van der Waals surface area (Å²) in [5.74, 6) is 0.924. The zero-order chi connectivity index (χ0) is 14.5. The fourth-order valence-corrected chi connectivity index (χ4v) is 2.16. The highest BCUT2D eigenvalue weighted by molar-refractivity contribution is 5.32. The summed E-state index contributed by atoms with van der Waals surface area (Å²) >= 11 is 0. The number of aliphatic hydroxyl groups is 1. The normalized spacial score (nSPS) is 12.4. The van der Waals surface area contributed by atoms with E-state index in [2.05, 4.69) is 25.0 Å². The number of aromatic nitrogens is 2. The topological polar surface area (TPSA) is 47.3 Å². The van der Waals surface area contributed by atoms with Crippen molar-refractivity contribution in [2.75, 3.05) is 6.61 Å². The molecule has 0 saturated carbocycles. The van der Waals surface area contributed by atoms with Crippen molar-refractivity contribution in [2.45, 2.75) is 39.8 Å². The Morgan fingerprint density at radius 1 is 1.25 bits per heavy atom. The summed E-state index contributed by atoms with van der Waals surface area (Å²) in [7, 11) is 0. The molecule has 20 heavy (non-hydrogen) atoms. The minimum atomic E-state index is -0.511. The molecule has 108 valence electrons. The lowest BCUT2D eigenvalue weighted by atomic mass is 10.1. The molecule has 0 radical (unpaired) electrons. The van der Waals surface area contributed by atoms with Crippen LogP contribution >= 0.6 is 0 Å². The average molecular weight is 274 g/mol. The largest absolute Gasteiger partial charge is 0.494 e. The van der Waals surface area contributed by atoms with Gasteiger partial charge in [0.1, 0.15) is 5.75 Å². The highest BCUT2D eigenvalue weighted by Gasteiger charge is 2.04. The first-order chi connectivity index (χ1) is 9.54. The van der Waals surface area contributed by atoms with Gasteiger partial charge in [-0.25, -0.2) is 0 Å². The predicted molar refractivity (Wildman–Crippen MR) is 78.9 cm³/mol. The SMILES string of the molecule is Cc1cc(C)cc(OCCCn2ccc(C(C)O)n2)c1. The van der Waals surface area contributed by atoms with E-state index in [1.54, 1.807) is 6.92 Å².